The molecule has 6 nitrogen and oxygen atoms in total. The summed E-state index contributed by atoms with van der Waals surface area (Å²) >= 11 is 2.71. The number of hydrogen-bond acceptors (Lipinski definition) is 5. The smallest absolute Gasteiger partial charge is 0.390 e. The number of nitro groups is 1. The molecule has 0 spiro atoms. The lowest BCUT2D eigenvalue weighted by atomic mass is 10.3. The minimum absolute atomic E-state index is 0.263. The summed E-state index contributed by atoms with van der Waals surface area (Å²) in [6.07, 6.45) is -4.96. The van der Waals surface area contributed by atoms with Crippen molar-refractivity contribution in [1.29, 1.82) is 0 Å². The SMILES string of the molecule is O=[N+]([O-])c1c(Br)cc(OC(F)(F)F)nc1CO. The van der Waals surface area contributed by atoms with Crippen LogP contribution in [0.2, 0.25) is 0 Å². The normalized spacial score (nSPS) is 11.4. The van der Waals surface area contributed by atoms with Gasteiger partial charge in [-0.1, -0.05) is 0 Å². The predicted octanol–water partition coefficient (Wildman–Crippen LogP) is 2.14. The van der Waals surface area contributed by atoms with Gasteiger partial charge < -0.3 is 9.84 Å². The molecule has 1 aromatic rings. The summed E-state index contributed by atoms with van der Waals surface area (Å²) in [5.74, 6) is -0.890. The Labute approximate surface area is 100 Å². The number of nitrogens with zero attached hydrogens (tertiary/aromatic N) is 2. The van der Waals surface area contributed by atoms with Crippen molar-refractivity contribution in [1.82, 2.24) is 4.98 Å². The second kappa shape index (κ2) is 4.84. The van der Waals surface area contributed by atoms with Crippen molar-refractivity contribution in [3.05, 3.63) is 26.3 Å². The summed E-state index contributed by atoms with van der Waals surface area (Å²) in [5, 5.41) is 19.3. The fourth-order valence-electron chi connectivity index (χ4n) is 1.01. The number of aromatic nitrogens is 1. The molecule has 0 saturated carbocycles. The molecule has 0 unspecified atom stereocenters. The molecule has 1 aromatic heterocycles. The van der Waals surface area contributed by atoms with Gasteiger partial charge in [-0.3, -0.25) is 10.1 Å². The number of rotatable bonds is 3. The lowest BCUT2D eigenvalue weighted by Crippen LogP contribution is -2.18. The van der Waals surface area contributed by atoms with E-state index < -0.39 is 35.2 Å². The molecular formula is C7H4BrF3N2O4. The standard InChI is InChI=1S/C7H4BrF3N2O4/c8-3-1-5(17-7(9,10)11)12-4(2-14)6(3)13(15)16/h1,14H,2H2. The molecule has 94 valence electrons. The zero-order valence-electron chi connectivity index (χ0n) is 7.86. The second-order valence-corrected chi connectivity index (χ2v) is 3.55. The van der Waals surface area contributed by atoms with Crippen molar-refractivity contribution in [2.45, 2.75) is 13.0 Å². The summed E-state index contributed by atoms with van der Waals surface area (Å²) in [6.45, 7) is -0.885. The van der Waals surface area contributed by atoms with E-state index in [1.165, 1.54) is 0 Å². The van der Waals surface area contributed by atoms with E-state index in [0.717, 1.165) is 0 Å². The Morgan fingerprint density at radius 2 is 2.18 bits per heavy atom. The zero-order chi connectivity index (χ0) is 13.2. The highest BCUT2D eigenvalue weighted by molar-refractivity contribution is 9.10. The third-order valence-corrected chi connectivity index (χ3v) is 2.15. The molecule has 0 fully saturated rings. The molecule has 0 atom stereocenters. The van der Waals surface area contributed by atoms with Crippen LogP contribution in [0.4, 0.5) is 18.9 Å². The third-order valence-electron chi connectivity index (χ3n) is 1.55. The summed E-state index contributed by atoms with van der Waals surface area (Å²) in [5.41, 5.74) is -1.13. The highest BCUT2D eigenvalue weighted by Crippen LogP contribution is 2.32. The first-order chi connectivity index (χ1) is 7.74. The van der Waals surface area contributed by atoms with Gasteiger partial charge in [-0.25, -0.2) is 4.98 Å². The molecule has 10 heteroatoms. The number of aliphatic hydroxyl groups excluding tert-OH is 1. The Kier molecular flexibility index (Phi) is 3.88. The fraction of sp³-hybridized carbons (Fsp3) is 0.286. The molecule has 17 heavy (non-hydrogen) atoms. The second-order valence-electron chi connectivity index (χ2n) is 2.70. The lowest BCUT2D eigenvalue weighted by Gasteiger charge is -2.09. The molecule has 0 saturated heterocycles. The van der Waals surface area contributed by atoms with Crippen LogP contribution in [0.25, 0.3) is 0 Å². The Morgan fingerprint density at radius 3 is 2.59 bits per heavy atom. The van der Waals surface area contributed by atoms with E-state index in [2.05, 4.69) is 25.7 Å². The van der Waals surface area contributed by atoms with Crippen molar-refractivity contribution in [2.24, 2.45) is 0 Å². The average Bonchev–Trinajstić information content (AvgIpc) is 2.12. The van der Waals surface area contributed by atoms with Gasteiger partial charge in [0.05, 0.1) is 11.5 Å². The average molecular weight is 317 g/mol. The third kappa shape index (κ3) is 3.53. The number of hydrogen-bond donors (Lipinski definition) is 1. The number of ether oxygens (including phenoxy) is 1. The van der Waals surface area contributed by atoms with E-state index in [-0.39, 0.29) is 4.47 Å². The van der Waals surface area contributed by atoms with Crippen molar-refractivity contribution in [3.8, 4) is 5.88 Å². The highest BCUT2D eigenvalue weighted by Gasteiger charge is 2.33. The zero-order valence-corrected chi connectivity index (χ0v) is 9.45. The first-order valence-corrected chi connectivity index (χ1v) is 4.74. The summed E-state index contributed by atoms with van der Waals surface area (Å²) in [7, 11) is 0. The Morgan fingerprint density at radius 1 is 1.59 bits per heavy atom. The molecule has 0 bridgehead atoms. The largest absolute Gasteiger partial charge is 0.574 e. The Hall–Kier alpha value is -1.42. The Balaban J connectivity index is 3.23. The van der Waals surface area contributed by atoms with Gasteiger partial charge >= 0.3 is 12.0 Å². The molecule has 0 amide bonds. The van der Waals surface area contributed by atoms with Crippen LogP contribution in [-0.4, -0.2) is 21.4 Å². The molecule has 0 aromatic carbocycles. The molecule has 1 N–H and O–H groups in total. The molecule has 1 heterocycles. The quantitative estimate of drug-likeness (QED) is 0.682. The topological polar surface area (TPSA) is 85.5 Å². The maximum atomic E-state index is 11.9. The maximum absolute atomic E-state index is 11.9. The van der Waals surface area contributed by atoms with Crippen LogP contribution in [0.5, 0.6) is 5.88 Å². The lowest BCUT2D eigenvalue weighted by molar-refractivity contribution is -0.387. The summed E-state index contributed by atoms with van der Waals surface area (Å²) in [6, 6.07) is 0.699. The van der Waals surface area contributed by atoms with Gasteiger partial charge in [-0.05, 0) is 15.9 Å². The number of aliphatic hydroxyl groups is 1. The van der Waals surface area contributed by atoms with Gasteiger partial charge in [-0.2, -0.15) is 0 Å². The van der Waals surface area contributed by atoms with Crippen LogP contribution in [0.1, 0.15) is 5.69 Å². The minimum atomic E-state index is -4.96. The summed E-state index contributed by atoms with van der Waals surface area (Å²) in [4.78, 5) is 12.9. The predicted molar refractivity (Wildman–Crippen MR) is 51.2 cm³/mol. The van der Waals surface area contributed by atoms with E-state index in [1.54, 1.807) is 0 Å². The van der Waals surface area contributed by atoms with E-state index in [1.807, 2.05) is 0 Å². The van der Waals surface area contributed by atoms with Crippen molar-refractivity contribution in [3.63, 3.8) is 0 Å². The van der Waals surface area contributed by atoms with Crippen LogP contribution < -0.4 is 4.74 Å². The Bertz CT molecular complexity index is 451. The fourth-order valence-corrected chi connectivity index (χ4v) is 1.58. The van der Waals surface area contributed by atoms with Gasteiger partial charge in [0.1, 0.15) is 10.2 Å². The van der Waals surface area contributed by atoms with E-state index in [9.17, 15) is 23.3 Å². The van der Waals surface area contributed by atoms with Gasteiger partial charge in [-0.15, -0.1) is 13.2 Å². The first kappa shape index (κ1) is 13.6. The minimum Gasteiger partial charge on any atom is -0.390 e. The van der Waals surface area contributed by atoms with E-state index in [4.69, 9.17) is 5.11 Å². The van der Waals surface area contributed by atoms with Gasteiger partial charge in [0.15, 0.2) is 0 Å². The molecule has 0 aliphatic rings. The summed E-state index contributed by atoms with van der Waals surface area (Å²) < 4.78 is 38.9. The van der Waals surface area contributed by atoms with E-state index >= 15 is 0 Å². The number of halogens is 4. The van der Waals surface area contributed by atoms with Crippen molar-refractivity contribution < 1.29 is 27.9 Å². The van der Waals surface area contributed by atoms with Crippen LogP contribution in [-0.2, 0) is 6.61 Å². The van der Waals surface area contributed by atoms with Gasteiger partial charge in [0.2, 0.25) is 5.88 Å². The molecular weight excluding hydrogens is 313 g/mol. The maximum Gasteiger partial charge on any atom is 0.574 e. The molecule has 0 aliphatic carbocycles. The van der Waals surface area contributed by atoms with Crippen molar-refractivity contribution >= 4 is 21.6 Å². The number of alkyl halides is 3. The monoisotopic (exact) mass is 316 g/mol. The molecule has 1 rings (SSSR count). The van der Waals surface area contributed by atoms with Crippen LogP contribution in [0, 0.1) is 10.1 Å². The van der Waals surface area contributed by atoms with Crippen LogP contribution in [0.15, 0.2) is 10.5 Å². The molecule has 0 aliphatic heterocycles. The first-order valence-electron chi connectivity index (χ1n) is 3.95. The highest BCUT2D eigenvalue weighted by atomic mass is 79.9. The van der Waals surface area contributed by atoms with E-state index in [0.29, 0.717) is 6.07 Å². The van der Waals surface area contributed by atoms with Crippen LogP contribution >= 0.6 is 15.9 Å². The van der Waals surface area contributed by atoms with Crippen LogP contribution in [0.3, 0.4) is 0 Å². The van der Waals surface area contributed by atoms with Gasteiger partial charge in [0.25, 0.3) is 0 Å². The molecule has 0 radical (unpaired) electrons. The van der Waals surface area contributed by atoms with Crippen molar-refractivity contribution in [2.75, 3.05) is 0 Å². The van der Waals surface area contributed by atoms with Gasteiger partial charge in [0, 0.05) is 6.07 Å². The number of pyridine rings is 1.